The average molecular weight is 530 g/mol. The van der Waals surface area contributed by atoms with Crippen molar-refractivity contribution >= 4 is 29.2 Å². The molecule has 0 aliphatic heterocycles. The zero-order valence-corrected chi connectivity index (χ0v) is 21.9. The van der Waals surface area contributed by atoms with Crippen LogP contribution in [0.25, 0.3) is 33.0 Å². The minimum Gasteiger partial charge on any atom is -0.477 e. The monoisotopic (exact) mass is 529 g/mol. The number of methoxy groups -OCH3 is 1. The fraction of sp³-hybridized carbons (Fsp3) is 0.250. The molecule has 194 valence electrons. The lowest BCUT2D eigenvalue weighted by atomic mass is 10.0. The Kier molecular flexibility index (Phi) is 7.60. The van der Waals surface area contributed by atoms with Gasteiger partial charge in [0.05, 0.1) is 19.4 Å². The van der Waals surface area contributed by atoms with Crippen molar-refractivity contribution in [2.24, 2.45) is 5.92 Å². The Morgan fingerprint density at radius 1 is 1.05 bits per heavy atom. The van der Waals surface area contributed by atoms with Gasteiger partial charge in [-0.3, -0.25) is 5.32 Å². The summed E-state index contributed by atoms with van der Waals surface area (Å²) >= 11 is 1.48. The maximum atomic E-state index is 12.4. The van der Waals surface area contributed by atoms with E-state index in [1.165, 1.54) is 18.4 Å². The number of hydrogen-bond acceptors (Lipinski definition) is 8. The summed E-state index contributed by atoms with van der Waals surface area (Å²) in [6.07, 6.45) is 3.92. The fourth-order valence-corrected chi connectivity index (χ4v) is 4.68. The van der Waals surface area contributed by atoms with Gasteiger partial charge in [-0.25, -0.2) is 24.5 Å². The van der Waals surface area contributed by atoms with Crippen LogP contribution in [0, 0.1) is 5.92 Å². The van der Waals surface area contributed by atoms with E-state index in [0.717, 1.165) is 34.7 Å². The van der Waals surface area contributed by atoms with Gasteiger partial charge in [0.2, 0.25) is 5.88 Å². The molecule has 1 fully saturated rings. The molecule has 0 bridgehead atoms. The number of carbonyl (C=O) groups is 2. The number of nitrogens with zero attached hydrogens (tertiary/aromatic N) is 3. The van der Waals surface area contributed by atoms with Gasteiger partial charge in [0.1, 0.15) is 10.8 Å². The van der Waals surface area contributed by atoms with E-state index >= 15 is 0 Å². The van der Waals surface area contributed by atoms with Crippen LogP contribution in [-0.2, 0) is 4.74 Å². The minimum absolute atomic E-state index is 0.135. The molecular weight excluding hydrogens is 502 g/mol. The van der Waals surface area contributed by atoms with Crippen LogP contribution in [0.5, 0.6) is 5.88 Å². The molecular formula is C28H27N5O4S. The molecule has 5 rings (SSSR count). The third-order valence-corrected chi connectivity index (χ3v) is 6.83. The molecule has 1 aromatic carbocycles. The number of carbonyl (C=O) groups excluding carboxylic acids is 2. The standard InChI is InChI=1S/C28H27N5O4S/c1-3-29-28(35)33-24-13-20(26-32-23(16-38-26)18-7-5-4-6-8-18)21(14-30-24)19-11-22(27(34)36-2)31-25(12-19)37-15-17-9-10-17/h4-8,11-14,16-17H,3,9-10,15H2,1-2H3,(H2,29,30,33,35). The second-order valence-corrected chi connectivity index (χ2v) is 9.69. The molecule has 0 unspecified atom stereocenters. The number of ether oxygens (including phenoxy) is 2. The number of pyridine rings is 2. The Labute approximate surface area is 224 Å². The Morgan fingerprint density at radius 2 is 1.87 bits per heavy atom. The molecule has 10 heteroatoms. The topological polar surface area (TPSA) is 115 Å². The van der Waals surface area contributed by atoms with Gasteiger partial charge >= 0.3 is 12.0 Å². The largest absolute Gasteiger partial charge is 0.477 e. The van der Waals surface area contributed by atoms with E-state index in [4.69, 9.17) is 14.5 Å². The van der Waals surface area contributed by atoms with Crippen molar-refractivity contribution in [3.63, 3.8) is 0 Å². The second kappa shape index (κ2) is 11.4. The summed E-state index contributed by atoms with van der Waals surface area (Å²) in [5, 5.41) is 8.19. The van der Waals surface area contributed by atoms with Crippen LogP contribution < -0.4 is 15.4 Å². The molecule has 1 aliphatic carbocycles. The quantitative estimate of drug-likeness (QED) is 0.269. The van der Waals surface area contributed by atoms with Crippen LogP contribution in [0.3, 0.4) is 0 Å². The lowest BCUT2D eigenvalue weighted by Gasteiger charge is -2.13. The number of hydrogen-bond donors (Lipinski definition) is 2. The van der Waals surface area contributed by atoms with Gasteiger partial charge in [-0.2, -0.15) is 0 Å². The maximum absolute atomic E-state index is 12.4. The zero-order valence-electron chi connectivity index (χ0n) is 21.1. The molecule has 2 amide bonds. The van der Waals surface area contributed by atoms with E-state index in [0.29, 0.717) is 41.9 Å². The third kappa shape index (κ3) is 5.97. The van der Waals surface area contributed by atoms with Gasteiger partial charge in [-0.1, -0.05) is 30.3 Å². The van der Waals surface area contributed by atoms with Gasteiger partial charge in [0.25, 0.3) is 0 Å². The van der Waals surface area contributed by atoms with Crippen LogP contribution in [0.2, 0.25) is 0 Å². The number of esters is 1. The summed E-state index contributed by atoms with van der Waals surface area (Å²) in [5.41, 5.74) is 4.10. The first-order valence-electron chi connectivity index (χ1n) is 12.3. The first kappa shape index (κ1) is 25.3. The van der Waals surface area contributed by atoms with Crippen LogP contribution in [0.15, 0.2) is 60.1 Å². The summed E-state index contributed by atoms with van der Waals surface area (Å²) in [6, 6.07) is 14.8. The number of thiazole rings is 1. The number of rotatable bonds is 9. The molecule has 0 spiro atoms. The van der Waals surface area contributed by atoms with E-state index in [1.54, 1.807) is 24.4 Å². The highest BCUT2D eigenvalue weighted by Gasteiger charge is 2.23. The Balaban J connectivity index is 1.59. The molecule has 1 saturated carbocycles. The van der Waals surface area contributed by atoms with Crippen LogP contribution >= 0.6 is 11.3 Å². The normalized spacial score (nSPS) is 12.6. The zero-order chi connectivity index (χ0) is 26.5. The summed E-state index contributed by atoms with van der Waals surface area (Å²) in [5.74, 6) is 0.673. The van der Waals surface area contributed by atoms with Crippen molar-refractivity contribution in [3.8, 4) is 38.8 Å². The molecule has 3 aromatic heterocycles. The molecule has 4 aromatic rings. The minimum atomic E-state index is -0.562. The lowest BCUT2D eigenvalue weighted by molar-refractivity contribution is 0.0592. The van der Waals surface area contributed by atoms with Crippen LogP contribution in [-0.4, -0.2) is 47.2 Å². The predicted octanol–water partition coefficient (Wildman–Crippen LogP) is 5.65. The molecule has 3 heterocycles. The molecule has 0 radical (unpaired) electrons. The van der Waals surface area contributed by atoms with E-state index in [1.807, 2.05) is 42.6 Å². The predicted molar refractivity (Wildman–Crippen MR) is 146 cm³/mol. The van der Waals surface area contributed by atoms with Crippen molar-refractivity contribution in [3.05, 3.63) is 65.8 Å². The second-order valence-electron chi connectivity index (χ2n) is 8.83. The van der Waals surface area contributed by atoms with E-state index in [2.05, 4.69) is 20.6 Å². The Bertz CT molecular complexity index is 1450. The third-order valence-electron chi connectivity index (χ3n) is 5.96. The van der Waals surface area contributed by atoms with Crippen LogP contribution in [0.1, 0.15) is 30.3 Å². The number of aromatic nitrogens is 3. The first-order valence-corrected chi connectivity index (χ1v) is 13.2. The number of benzene rings is 1. The van der Waals surface area contributed by atoms with Crippen molar-refractivity contribution in [1.29, 1.82) is 0 Å². The maximum Gasteiger partial charge on any atom is 0.356 e. The summed E-state index contributed by atoms with van der Waals surface area (Å²) in [4.78, 5) is 38.3. The van der Waals surface area contributed by atoms with Crippen molar-refractivity contribution in [1.82, 2.24) is 20.3 Å². The fourth-order valence-electron chi connectivity index (χ4n) is 3.82. The summed E-state index contributed by atoms with van der Waals surface area (Å²) in [7, 11) is 1.32. The van der Waals surface area contributed by atoms with Gasteiger partial charge in [-0.15, -0.1) is 11.3 Å². The Morgan fingerprint density at radius 3 is 2.61 bits per heavy atom. The molecule has 1 aliphatic rings. The molecule has 9 nitrogen and oxygen atoms in total. The molecule has 0 atom stereocenters. The average Bonchev–Trinajstić information content (AvgIpc) is 3.65. The number of nitrogens with one attached hydrogen (secondary N) is 2. The SMILES string of the molecule is CCNC(=O)Nc1cc(-c2nc(-c3ccccc3)cs2)c(-c2cc(OCC3CC3)nc(C(=O)OC)c2)cn1. The molecule has 38 heavy (non-hydrogen) atoms. The lowest BCUT2D eigenvalue weighted by Crippen LogP contribution is -2.28. The van der Waals surface area contributed by atoms with Crippen LogP contribution in [0.4, 0.5) is 10.6 Å². The van der Waals surface area contributed by atoms with E-state index < -0.39 is 5.97 Å². The van der Waals surface area contributed by atoms with E-state index in [9.17, 15) is 9.59 Å². The number of amides is 2. The van der Waals surface area contributed by atoms with Gasteiger partial charge in [-0.05, 0) is 43.4 Å². The van der Waals surface area contributed by atoms with Crippen molar-refractivity contribution < 1.29 is 19.1 Å². The number of urea groups is 1. The van der Waals surface area contributed by atoms with Gasteiger partial charge in [0, 0.05) is 40.9 Å². The highest BCUT2D eigenvalue weighted by molar-refractivity contribution is 7.13. The van der Waals surface area contributed by atoms with Crippen molar-refractivity contribution in [2.75, 3.05) is 25.6 Å². The highest BCUT2D eigenvalue weighted by atomic mass is 32.1. The van der Waals surface area contributed by atoms with Gasteiger partial charge in [0.15, 0.2) is 5.69 Å². The van der Waals surface area contributed by atoms with Crippen molar-refractivity contribution in [2.45, 2.75) is 19.8 Å². The van der Waals surface area contributed by atoms with Gasteiger partial charge < -0.3 is 14.8 Å². The Hall–Kier alpha value is -4.31. The molecule has 0 saturated heterocycles. The summed E-state index contributed by atoms with van der Waals surface area (Å²) in [6.45, 7) is 2.87. The number of anilines is 1. The smallest absolute Gasteiger partial charge is 0.356 e. The molecule has 2 N–H and O–H groups in total. The highest BCUT2D eigenvalue weighted by Crippen LogP contribution is 2.38. The summed E-state index contributed by atoms with van der Waals surface area (Å²) < 4.78 is 10.9. The van der Waals surface area contributed by atoms with E-state index in [-0.39, 0.29) is 11.7 Å². The first-order chi connectivity index (χ1) is 18.5.